The molecule has 1 saturated heterocycles. The topological polar surface area (TPSA) is 33.2 Å². The fourth-order valence-electron chi connectivity index (χ4n) is 2.50. The van der Waals surface area contributed by atoms with E-state index >= 15 is 0 Å². The Bertz CT molecular complexity index is 655. The number of rotatable bonds is 2. The van der Waals surface area contributed by atoms with E-state index in [0.29, 0.717) is 0 Å². The monoisotopic (exact) mass is 298 g/mol. The Morgan fingerprint density at radius 1 is 1.19 bits per heavy atom. The van der Waals surface area contributed by atoms with Gasteiger partial charge in [-0.3, -0.25) is 9.78 Å². The summed E-state index contributed by atoms with van der Waals surface area (Å²) in [7, 11) is 0. The van der Waals surface area contributed by atoms with Crippen LogP contribution in [0.25, 0.3) is 17.0 Å². The Kier molecular flexibility index (Phi) is 4.55. The van der Waals surface area contributed by atoms with Crippen LogP contribution in [0.5, 0.6) is 0 Å². The van der Waals surface area contributed by atoms with Gasteiger partial charge >= 0.3 is 0 Å². The molecule has 0 radical (unpaired) electrons. The second-order valence-electron chi connectivity index (χ2n) is 5.04. The molecular formula is C17H18N2OS. The Morgan fingerprint density at radius 2 is 2.10 bits per heavy atom. The van der Waals surface area contributed by atoms with Crippen LogP contribution in [0.4, 0.5) is 0 Å². The lowest BCUT2D eigenvalue weighted by Gasteiger charge is -2.17. The minimum atomic E-state index is 0.110. The maximum atomic E-state index is 12.3. The molecule has 2 heterocycles. The molecule has 2 aromatic rings. The molecule has 21 heavy (non-hydrogen) atoms. The number of nitrogens with zero attached hydrogens (tertiary/aromatic N) is 2. The summed E-state index contributed by atoms with van der Waals surface area (Å²) in [5, 5.41) is 1.08. The van der Waals surface area contributed by atoms with Crippen molar-refractivity contribution in [1.82, 2.24) is 9.88 Å². The van der Waals surface area contributed by atoms with Crippen LogP contribution in [0.2, 0.25) is 0 Å². The summed E-state index contributed by atoms with van der Waals surface area (Å²) < 4.78 is 0. The van der Waals surface area contributed by atoms with Crippen LogP contribution in [0.3, 0.4) is 0 Å². The number of para-hydroxylation sites is 1. The summed E-state index contributed by atoms with van der Waals surface area (Å²) in [6.07, 6.45) is 6.47. The lowest BCUT2D eigenvalue weighted by atomic mass is 10.1. The molecular weight excluding hydrogens is 280 g/mol. The van der Waals surface area contributed by atoms with Gasteiger partial charge in [-0.15, -0.1) is 0 Å². The van der Waals surface area contributed by atoms with Crippen LogP contribution >= 0.6 is 11.8 Å². The van der Waals surface area contributed by atoms with Crippen molar-refractivity contribution in [3.8, 4) is 0 Å². The van der Waals surface area contributed by atoms with Gasteiger partial charge in [-0.2, -0.15) is 11.8 Å². The summed E-state index contributed by atoms with van der Waals surface area (Å²) in [5.74, 6) is 2.30. The Morgan fingerprint density at radius 3 is 3.05 bits per heavy atom. The molecule has 3 rings (SSSR count). The molecule has 0 bridgehead atoms. The zero-order chi connectivity index (χ0) is 14.5. The number of carbonyl (C=O) groups is 1. The molecule has 3 nitrogen and oxygen atoms in total. The average Bonchev–Trinajstić information content (AvgIpc) is 2.82. The number of thioether (sulfide) groups is 1. The van der Waals surface area contributed by atoms with E-state index < -0.39 is 0 Å². The summed E-state index contributed by atoms with van der Waals surface area (Å²) in [6.45, 7) is 1.72. The summed E-state index contributed by atoms with van der Waals surface area (Å²) in [6, 6.07) is 9.94. The molecule has 0 saturated carbocycles. The highest BCUT2D eigenvalue weighted by atomic mass is 32.2. The van der Waals surface area contributed by atoms with Crippen LogP contribution in [0.15, 0.2) is 42.6 Å². The second-order valence-corrected chi connectivity index (χ2v) is 6.27. The number of pyridine rings is 1. The minimum absolute atomic E-state index is 0.110. The quantitative estimate of drug-likeness (QED) is 0.798. The maximum Gasteiger partial charge on any atom is 0.246 e. The minimum Gasteiger partial charge on any atom is -0.338 e. The number of amides is 1. The molecule has 0 unspecified atom stereocenters. The van der Waals surface area contributed by atoms with Crippen molar-refractivity contribution in [3.05, 3.63) is 48.2 Å². The first-order valence-electron chi connectivity index (χ1n) is 7.23. The van der Waals surface area contributed by atoms with Gasteiger partial charge in [-0.25, -0.2) is 0 Å². The number of carbonyl (C=O) groups excluding carboxylic acids is 1. The lowest BCUT2D eigenvalue weighted by Crippen LogP contribution is -2.31. The largest absolute Gasteiger partial charge is 0.338 e. The molecule has 1 aromatic heterocycles. The molecule has 1 amide bonds. The SMILES string of the molecule is O=C(C=Cc1ccnc2ccccc12)N1CCCSCC1. The van der Waals surface area contributed by atoms with Crippen LogP contribution in [-0.4, -0.2) is 40.4 Å². The first-order valence-corrected chi connectivity index (χ1v) is 8.38. The van der Waals surface area contributed by atoms with Gasteiger partial charge in [-0.1, -0.05) is 18.2 Å². The van der Waals surface area contributed by atoms with Crippen LogP contribution in [-0.2, 0) is 4.79 Å². The van der Waals surface area contributed by atoms with Crippen molar-refractivity contribution in [2.24, 2.45) is 0 Å². The highest BCUT2D eigenvalue weighted by Crippen LogP contribution is 2.18. The standard InChI is InChI=1S/C17H18N2OS/c20-17(19-10-3-12-21-13-11-19)7-6-14-8-9-18-16-5-2-1-4-15(14)16/h1-2,4-9H,3,10-13H2. The third-order valence-corrected chi connectivity index (χ3v) is 4.67. The Balaban J connectivity index is 1.79. The van der Waals surface area contributed by atoms with Gasteiger partial charge < -0.3 is 4.90 Å². The Hall–Kier alpha value is -1.81. The van der Waals surface area contributed by atoms with Crippen LogP contribution in [0.1, 0.15) is 12.0 Å². The molecule has 0 N–H and O–H groups in total. The van der Waals surface area contributed by atoms with Crippen molar-refractivity contribution in [2.75, 3.05) is 24.6 Å². The van der Waals surface area contributed by atoms with Crippen LogP contribution < -0.4 is 0 Å². The van der Waals surface area contributed by atoms with Crippen molar-refractivity contribution in [2.45, 2.75) is 6.42 Å². The summed E-state index contributed by atoms with van der Waals surface area (Å²) in [4.78, 5) is 18.6. The van der Waals surface area contributed by atoms with E-state index in [4.69, 9.17) is 0 Å². The van der Waals surface area contributed by atoms with Crippen molar-refractivity contribution in [3.63, 3.8) is 0 Å². The predicted molar refractivity (Wildman–Crippen MR) is 89.3 cm³/mol. The van der Waals surface area contributed by atoms with Gasteiger partial charge in [0, 0.05) is 36.5 Å². The van der Waals surface area contributed by atoms with Gasteiger partial charge in [0.25, 0.3) is 0 Å². The summed E-state index contributed by atoms with van der Waals surface area (Å²) >= 11 is 1.93. The van der Waals surface area contributed by atoms with E-state index in [9.17, 15) is 4.79 Å². The highest BCUT2D eigenvalue weighted by Gasteiger charge is 2.12. The van der Waals surface area contributed by atoms with Gasteiger partial charge in [0.05, 0.1) is 5.52 Å². The second kappa shape index (κ2) is 6.76. The molecule has 1 fully saturated rings. The third-order valence-electron chi connectivity index (χ3n) is 3.62. The molecule has 0 aliphatic carbocycles. The molecule has 1 aliphatic rings. The van der Waals surface area contributed by atoms with E-state index in [1.165, 1.54) is 0 Å². The normalized spacial score (nSPS) is 16.3. The van der Waals surface area contributed by atoms with Crippen molar-refractivity contribution in [1.29, 1.82) is 0 Å². The van der Waals surface area contributed by atoms with Gasteiger partial charge in [0.1, 0.15) is 0 Å². The molecule has 0 spiro atoms. The van der Waals surface area contributed by atoms with Crippen molar-refractivity contribution < 1.29 is 4.79 Å². The number of hydrogen-bond donors (Lipinski definition) is 0. The predicted octanol–water partition coefficient (Wildman–Crippen LogP) is 3.21. The zero-order valence-electron chi connectivity index (χ0n) is 11.9. The van der Waals surface area contributed by atoms with E-state index in [1.807, 2.05) is 53.1 Å². The van der Waals surface area contributed by atoms with E-state index in [-0.39, 0.29) is 5.91 Å². The number of benzene rings is 1. The van der Waals surface area contributed by atoms with E-state index in [1.54, 1.807) is 12.3 Å². The fourth-order valence-corrected chi connectivity index (χ4v) is 3.38. The first-order chi connectivity index (χ1) is 10.3. The van der Waals surface area contributed by atoms with Gasteiger partial charge in [0.2, 0.25) is 5.91 Å². The van der Waals surface area contributed by atoms with Gasteiger partial charge in [0.15, 0.2) is 0 Å². The number of hydrogen-bond acceptors (Lipinski definition) is 3. The summed E-state index contributed by atoms with van der Waals surface area (Å²) in [5.41, 5.74) is 2.00. The zero-order valence-corrected chi connectivity index (χ0v) is 12.7. The Labute approximate surface area is 129 Å². The molecule has 0 atom stereocenters. The van der Waals surface area contributed by atoms with E-state index in [0.717, 1.165) is 47.5 Å². The number of aromatic nitrogens is 1. The first kappa shape index (κ1) is 14.1. The molecule has 108 valence electrons. The van der Waals surface area contributed by atoms with Crippen LogP contribution in [0, 0.1) is 0 Å². The van der Waals surface area contributed by atoms with E-state index in [2.05, 4.69) is 4.98 Å². The third kappa shape index (κ3) is 3.45. The molecule has 1 aliphatic heterocycles. The van der Waals surface area contributed by atoms with Crippen molar-refractivity contribution >= 4 is 34.6 Å². The maximum absolute atomic E-state index is 12.3. The molecule has 4 heteroatoms. The molecule has 1 aromatic carbocycles. The fraction of sp³-hybridized carbons (Fsp3) is 0.294. The number of fused-ring (bicyclic) bond motifs is 1. The smallest absolute Gasteiger partial charge is 0.246 e. The van der Waals surface area contributed by atoms with Gasteiger partial charge in [-0.05, 0) is 35.9 Å². The highest BCUT2D eigenvalue weighted by molar-refractivity contribution is 7.99. The average molecular weight is 298 g/mol. The lowest BCUT2D eigenvalue weighted by molar-refractivity contribution is -0.125.